The van der Waals surface area contributed by atoms with Gasteiger partial charge < -0.3 is 0 Å². The Labute approximate surface area is 218 Å². The van der Waals surface area contributed by atoms with Crippen molar-refractivity contribution in [2.75, 3.05) is 37.0 Å². The Balaban J connectivity index is 0.00000104. The van der Waals surface area contributed by atoms with Crippen molar-refractivity contribution in [3.8, 4) is 0 Å². The van der Waals surface area contributed by atoms with E-state index in [0.29, 0.717) is 5.78 Å². The van der Waals surface area contributed by atoms with Crippen molar-refractivity contribution in [3.05, 3.63) is 60.7 Å². The van der Waals surface area contributed by atoms with Crippen molar-refractivity contribution in [1.82, 2.24) is 0 Å². The third-order valence-electron chi connectivity index (χ3n) is 5.99. The Kier molecular flexibility index (Phi) is 15.9. The Morgan fingerprint density at radius 3 is 0.972 bits per heavy atom. The molecule has 2 aromatic carbocycles. The van der Waals surface area contributed by atoms with Gasteiger partial charge >= 0.3 is 0 Å². The van der Waals surface area contributed by atoms with Gasteiger partial charge in [-0.3, -0.25) is 4.79 Å². The van der Waals surface area contributed by atoms with Crippen LogP contribution in [0.15, 0.2) is 60.7 Å². The van der Waals surface area contributed by atoms with E-state index in [0.717, 1.165) is 37.0 Å². The van der Waals surface area contributed by atoms with Crippen molar-refractivity contribution < 1.29 is 62.6 Å². The normalized spacial score (nSPS) is 12.1. The number of hydrogen-bond acceptors (Lipinski definition) is 9. The van der Waals surface area contributed by atoms with Gasteiger partial charge in [0.1, 0.15) is 12.3 Å². The number of carbonyl (C=O) groups excluding carboxylic acids is 1. The third kappa shape index (κ3) is 14.2. The minimum Gasteiger partial charge on any atom is -0.291 e. The number of ketones is 1. The molecule has 204 valence electrons. The molecule has 9 nitrogen and oxygen atoms in total. The molecule has 0 fully saturated rings. The first-order valence-electron chi connectivity index (χ1n) is 11.1. The van der Waals surface area contributed by atoms with Gasteiger partial charge in [-0.25, -0.2) is 37.3 Å². The van der Waals surface area contributed by atoms with Gasteiger partial charge in [0, 0.05) is 0 Å². The molecule has 0 aliphatic carbocycles. The van der Waals surface area contributed by atoms with Crippen LogP contribution in [0.3, 0.4) is 0 Å². The molecule has 0 amide bonds. The van der Waals surface area contributed by atoms with Gasteiger partial charge in [0.15, 0.2) is 0 Å². The van der Waals surface area contributed by atoms with E-state index in [1.807, 2.05) is 0 Å². The maximum absolute atomic E-state index is 13.3. The van der Waals surface area contributed by atoms with Crippen LogP contribution in [0.25, 0.3) is 0 Å². The molecule has 0 aliphatic rings. The maximum atomic E-state index is 13.3. The molecule has 0 saturated carbocycles. The average Bonchev–Trinajstić information content (AvgIpc) is 2.80. The summed E-state index contributed by atoms with van der Waals surface area (Å²) >= 11 is 0. The van der Waals surface area contributed by atoms with E-state index in [1.165, 1.54) is 10.6 Å². The lowest BCUT2D eigenvalue weighted by molar-refractivity contribution is -2.00. The van der Waals surface area contributed by atoms with Crippen molar-refractivity contribution >= 4 is 30.9 Å². The minimum atomic E-state index is -4.94. The quantitative estimate of drug-likeness (QED) is 0.247. The maximum Gasteiger partial charge on any atom is 0.207 e. The third-order valence-corrected chi connectivity index (χ3v) is 15.5. The molecule has 0 aliphatic heterocycles. The van der Waals surface area contributed by atoms with E-state index in [4.69, 9.17) is 37.3 Å². The summed E-state index contributed by atoms with van der Waals surface area (Å²) in [5.41, 5.74) is 0. The smallest absolute Gasteiger partial charge is 0.207 e. The molecular formula is C23H34Cl2O9P2. The highest BCUT2D eigenvalue weighted by molar-refractivity contribution is 7.85. The van der Waals surface area contributed by atoms with Crippen LogP contribution in [0, 0.1) is 20.5 Å². The molecule has 2 rings (SSSR count). The lowest BCUT2D eigenvalue weighted by Gasteiger charge is -2.27. The molecule has 36 heavy (non-hydrogen) atoms. The van der Waals surface area contributed by atoms with Crippen LogP contribution in [-0.2, 0) is 4.79 Å². The first kappa shape index (κ1) is 35.2. The van der Waals surface area contributed by atoms with Gasteiger partial charge in [-0.05, 0) is 52.0 Å². The lowest BCUT2D eigenvalue weighted by Crippen LogP contribution is -2.68. The van der Waals surface area contributed by atoms with Crippen LogP contribution in [0.5, 0.6) is 0 Å². The Morgan fingerprint density at radius 1 is 0.556 bits per heavy atom. The van der Waals surface area contributed by atoms with Gasteiger partial charge in [0.2, 0.25) is 5.78 Å². The summed E-state index contributed by atoms with van der Waals surface area (Å²) in [6.45, 7) is 9.10. The fraction of sp³-hybridized carbons (Fsp3) is 0.435. The van der Waals surface area contributed by atoms with Gasteiger partial charge in [-0.1, -0.05) is 36.4 Å². The standard InChI is InChI=1S/C23H34OP2.2ClHO4/c1-5-25(6-2,22-15-11-9-12-16-22)19-21(24)20-26(7-3,8-4)23-17-13-10-14-18-23;2*2-1(3,4)5/h9-18H,5-8,19-20H2,1-4H3;2*(H,2,3,4,5)/q+2;;/p-2. The zero-order valence-electron chi connectivity index (χ0n) is 20.8. The second-order valence-corrected chi connectivity index (χ2v) is 18.1. The molecule has 0 aromatic heterocycles. The van der Waals surface area contributed by atoms with Crippen molar-refractivity contribution in [3.63, 3.8) is 0 Å². The topological polar surface area (TPSA) is 202 Å². The summed E-state index contributed by atoms with van der Waals surface area (Å²) in [7, 11) is -12.7. The number of Topliss-reactive ketones (excluding diaryl/α,β-unsaturated/α-hetero) is 1. The largest absolute Gasteiger partial charge is 0.291 e. The van der Waals surface area contributed by atoms with Gasteiger partial charge in [-0.2, -0.15) is 0 Å². The van der Waals surface area contributed by atoms with Crippen molar-refractivity contribution in [1.29, 1.82) is 0 Å². The molecule has 0 atom stereocenters. The lowest BCUT2D eigenvalue weighted by atomic mass is 10.4. The predicted octanol–water partition coefficient (Wildman–Crippen LogP) is -4.19. The van der Waals surface area contributed by atoms with Crippen LogP contribution in [0.2, 0.25) is 0 Å². The molecule has 0 saturated heterocycles. The fourth-order valence-electron chi connectivity index (χ4n) is 4.02. The molecule has 0 spiro atoms. The first-order valence-corrected chi connectivity index (χ1v) is 18.3. The van der Waals surface area contributed by atoms with E-state index in [2.05, 4.69) is 88.4 Å². The van der Waals surface area contributed by atoms with Crippen LogP contribution in [0.4, 0.5) is 0 Å². The SMILES string of the molecule is CC[P+](CC)(CC(=O)C[P+](CC)(CC)c1ccccc1)c1ccccc1.[O-][Cl+3]([O-])([O-])[O-].[O-][Cl+3]([O-])([O-])[O-]. The number of rotatable bonds is 10. The predicted molar refractivity (Wildman–Crippen MR) is 123 cm³/mol. The number of hydrogen-bond donors (Lipinski definition) is 0. The molecule has 13 heteroatoms. The minimum absolute atomic E-state index is 0.492. The summed E-state index contributed by atoms with van der Waals surface area (Å²) in [4.78, 5) is 13.3. The molecule has 0 unspecified atom stereocenters. The average molecular weight is 587 g/mol. The van der Waals surface area contributed by atoms with Crippen LogP contribution in [0.1, 0.15) is 27.7 Å². The fourth-order valence-corrected chi connectivity index (χ4v) is 11.0. The van der Waals surface area contributed by atoms with E-state index in [9.17, 15) is 4.79 Å². The van der Waals surface area contributed by atoms with Crippen LogP contribution < -0.4 is 47.9 Å². The molecular weight excluding hydrogens is 553 g/mol. The molecule has 0 bridgehead atoms. The number of carbonyl (C=O) groups is 1. The number of halogens is 2. The summed E-state index contributed by atoms with van der Waals surface area (Å²) < 4.78 is 67.9. The first-order chi connectivity index (χ1) is 16.6. The van der Waals surface area contributed by atoms with Gasteiger partial charge in [-0.15, -0.1) is 20.5 Å². The van der Waals surface area contributed by atoms with E-state index in [1.54, 1.807) is 0 Å². The monoisotopic (exact) mass is 586 g/mol. The summed E-state index contributed by atoms with van der Waals surface area (Å²) in [6, 6.07) is 21.6. The zero-order chi connectivity index (χ0) is 28.0. The highest BCUT2D eigenvalue weighted by atomic mass is 35.7. The molecule has 0 N–H and O–H groups in total. The van der Waals surface area contributed by atoms with Gasteiger partial charge in [0.25, 0.3) is 0 Å². The molecule has 2 aromatic rings. The van der Waals surface area contributed by atoms with Crippen LogP contribution in [-0.4, -0.2) is 42.8 Å². The second-order valence-electron chi connectivity index (χ2n) is 7.84. The second kappa shape index (κ2) is 16.2. The van der Waals surface area contributed by atoms with Gasteiger partial charge in [0.05, 0.1) is 49.8 Å². The highest BCUT2D eigenvalue weighted by Gasteiger charge is 2.44. The zero-order valence-corrected chi connectivity index (χ0v) is 24.1. The van der Waals surface area contributed by atoms with Crippen molar-refractivity contribution in [2.24, 2.45) is 0 Å². The number of benzene rings is 2. The molecule has 0 radical (unpaired) electrons. The Bertz CT molecular complexity index is 785. The van der Waals surface area contributed by atoms with Crippen molar-refractivity contribution in [2.45, 2.75) is 27.7 Å². The van der Waals surface area contributed by atoms with E-state index in [-0.39, 0.29) is 0 Å². The molecule has 0 heterocycles. The highest BCUT2D eigenvalue weighted by Crippen LogP contribution is 2.60. The summed E-state index contributed by atoms with van der Waals surface area (Å²) in [5, 5.41) is 2.85. The Hall–Kier alpha value is -0.770. The summed E-state index contributed by atoms with van der Waals surface area (Å²) in [6.07, 6.45) is 6.03. The summed E-state index contributed by atoms with van der Waals surface area (Å²) in [5.74, 6) is 0.492. The Morgan fingerprint density at radius 2 is 0.778 bits per heavy atom. The van der Waals surface area contributed by atoms with Crippen LogP contribution >= 0.6 is 14.5 Å². The van der Waals surface area contributed by atoms with E-state index < -0.39 is 35.0 Å². The van der Waals surface area contributed by atoms with E-state index >= 15 is 0 Å².